The first-order valence-corrected chi connectivity index (χ1v) is 7.81. The van der Waals surface area contributed by atoms with Crippen LogP contribution in [0.2, 0.25) is 0 Å². The molecule has 0 spiro atoms. The van der Waals surface area contributed by atoms with Crippen LogP contribution in [0.25, 0.3) is 11.0 Å². The van der Waals surface area contributed by atoms with Gasteiger partial charge in [0.15, 0.2) is 0 Å². The van der Waals surface area contributed by atoms with Crippen LogP contribution in [0.1, 0.15) is 11.7 Å². The summed E-state index contributed by atoms with van der Waals surface area (Å²) in [6.45, 7) is 1.99. The van der Waals surface area contributed by atoms with Crippen molar-refractivity contribution < 1.29 is 13.6 Å². The minimum absolute atomic E-state index is 0.0995. The van der Waals surface area contributed by atoms with Gasteiger partial charge in [0.05, 0.1) is 23.3 Å². The van der Waals surface area contributed by atoms with Gasteiger partial charge in [-0.05, 0) is 18.2 Å². The van der Waals surface area contributed by atoms with Gasteiger partial charge in [-0.2, -0.15) is 0 Å². The van der Waals surface area contributed by atoms with E-state index in [-0.39, 0.29) is 17.5 Å². The van der Waals surface area contributed by atoms with Gasteiger partial charge in [-0.3, -0.25) is 4.79 Å². The molecule has 0 saturated heterocycles. The third-order valence-corrected chi connectivity index (χ3v) is 3.94. The van der Waals surface area contributed by atoms with Crippen LogP contribution in [0.4, 0.5) is 4.39 Å². The number of nitrogens with one attached hydrogen (secondary N) is 1. The van der Waals surface area contributed by atoms with Gasteiger partial charge in [0.1, 0.15) is 11.6 Å². The lowest BCUT2D eigenvalue weighted by atomic mass is 10.3. The number of amides is 1. The molecule has 0 aliphatic heterocycles. The Hall–Kier alpha value is -2.42. The number of benzene rings is 1. The van der Waals surface area contributed by atoms with Crippen molar-refractivity contribution in [2.75, 3.05) is 12.8 Å². The van der Waals surface area contributed by atoms with Crippen LogP contribution in [0.5, 0.6) is 0 Å². The van der Waals surface area contributed by atoms with Crippen molar-refractivity contribution in [3.63, 3.8) is 0 Å². The van der Waals surface area contributed by atoms with Crippen LogP contribution >= 0.6 is 11.8 Å². The number of hydrogen-bond acceptors (Lipinski definition) is 6. The maximum atomic E-state index is 13.2. The number of nitrogens with zero attached hydrogens (tertiary/aromatic N) is 4. The molecule has 1 amide bonds. The standard InChI is InChI=1S/C14H14FN5O2S/c1-8-18-19-14(22-8)23-7-13(21)20(2)6-12-16-10-4-3-9(15)5-11(10)17-12/h3-5H,6-7H2,1-2H3,(H,16,17). The molecule has 0 bridgehead atoms. The Morgan fingerprint density at radius 2 is 2.26 bits per heavy atom. The zero-order chi connectivity index (χ0) is 16.4. The van der Waals surface area contributed by atoms with E-state index in [0.717, 1.165) is 0 Å². The molecule has 0 unspecified atom stereocenters. The average Bonchev–Trinajstić information content (AvgIpc) is 3.09. The molecule has 7 nitrogen and oxygen atoms in total. The van der Waals surface area contributed by atoms with E-state index in [0.29, 0.717) is 34.5 Å². The second-order valence-corrected chi connectivity index (χ2v) is 5.90. The number of hydrogen-bond donors (Lipinski definition) is 1. The van der Waals surface area contributed by atoms with Crippen LogP contribution in [0, 0.1) is 12.7 Å². The summed E-state index contributed by atoms with van der Waals surface area (Å²) in [5, 5.41) is 7.88. The molecule has 2 aromatic heterocycles. The van der Waals surface area contributed by atoms with E-state index in [9.17, 15) is 9.18 Å². The first-order valence-electron chi connectivity index (χ1n) is 6.82. The van der Waals surface area contributed by atoms with Crippen molar-refractivity contribution in [2.24, 2.45) is 0 Å². The number of rotatable bonds is 5. The summed E-state index contributed by atoms with van der Waals surface area (Å²) in [5.41, 5.74) is 1.27. The summed E-state index contributed by atoms with van der Waals surface area (Å²) in [6.07, 6.45) is 0. The number of aryl methyl sites for hydroxylation is 1. The third kappa shape index (κ3) is 3.67. The van der Waals surface area contributed by atoms with Gasteiger partial charge in [0.2, 0.25) is 11.8 Å². The molecule has 0 radical (unpaired) electrons. The Morgan fingerprint density at radius 3 is 3.00 bits per heavy atom. The molecule has 1 aromatic carbocycles. The van der Waals surface area contributed by atoms with Crippen LogP contribution in [-0.2, 0) is 11.3 Å². The van der Waals surface area contributed by atoms with E-state index in [1.807, 2.05) is 0 Å². The van der Waals surface area contributed by atoms with Crippen molar-refractivity contribution in [1.82, 2.24) is 25.1 Å². The molecule has 2 heterocycles. The normalized spacial score (nSPS) is 11.1. The molecular weight excluding hydrogens is 321 g/mol. The second kappa shape index (κ2) is 6.37. The fraction of sp³-hybridized carbons (Fsp3) is 0.286. The number of imidazole rings is 1. The minimum Gasteiger partial charge on any atom is -0.416 e. The molecule has 0 fully saturated rings. The van der Waals surface area contributed by atoms with Crippen LogP contribution in [0.3, 0.4) is 0 Å². The monoisotopic (exact) mass is 335 g/mol. The fourth-order valence-electron chi connectivity index (χ4n) is 1.99. The Bertz CT molecular complexity index is 847. The van der Waals surface area contributed by atoms with Crippen molar-refractivity contribution in [3.8, 4) is 0 Å². The predicted molar refractivity (Wildman–Crippen MR) is 82.3 cm³/mol. The SMILES string of the molecule is Cc1nnc(SCC(=O)N(C)Cc2nc3ccc(F)cc3[nH]2)o1. The molecule has 9 heteroatoms. The molecule has 0 aliphatic rings. The highest BCUT2D eigenvalue weighted by Crippen LogP contribution is 2.17. The lowest BCUT2D eigenvalue weighted by molar-refractivity contribution is -0.127. The van der Waals surface area contributed by atoms with Gasteiger partial charge in [-0.25, -0.2) is 9.37 Å². The van der Waals surface area contributed by atoms with E-state index in [1.54, 1.807) is 20.0 Å². The highest BCUT2D eigenvalue weighted by atomic mass is 32.2. The smallest absolute Gasteiger partial charge is 0.277 e. The van der Waals surface area contributed by atoms with E-state index in [2.05, 4.69) is 20.2 Å². The molecule has 0 atom stereocenters. The van der Waals surface area contributed by atoms with E-state index < -0.39 is 0 Å². The van der Waals surface area contributed by atoms with Gasteiger partial charge in [0.25, 0.3) is 5.22 Å². The number of thioether (sulfide) groups is 1. The van der Waals surface area contributed by atoms with E-state index in [1.165, 1.54) is 28.8 Å². The number of carbonyl (C=O) groups is 1. The lowest BCUT2D eigenvalue weighted by Gasteiger charge is -2.14. The summed E-state index contributed by atoms with van der Waals surface area (Å²) in [4.78, 5) is 21.0. The average molecular weight is 335 g/mol. The summed E-state index contributed by atoms with van der Waals surface area (Å²) in [5.74, 6) is 0.816. The minimum atomic E-state index is -0.330. The summed E-state index contributed by atoms with van der Waals surface area (Å²) in [6, 6.07) is 4.33. The molecule has 1 N–H and O–H groups in total. The van der Waals surface area contributed by atoms with Gasteiger partial charge < -0.3 is 14.3 Å². The zero-order valence-corrected chi connectivity index (χ0v) is 13.4. The first-order chi connectivity index (χ1) is 11.0. The first kappa shape index (κ1) is 15.5. The fourth-order valence-corrected chi connectivity index (χ4v) is 2.74. The molecule has 23 heavy (non-hydrogen) atoms. The zero-order valence-electron chi connectivity index (χ0n) is 12.5. The number of halogens is 1. The summed E-state index contributed by atoms with van der Waals surface area (Å²) < 4.78 is 18.4. The molecule has 0 saturated carbocycles. The van der Waals surface area contributed by atoms with Crippen LogP contribution in [-0.4, -0.2) is 43.8 Å². The number of fused-ring (bicyclic) bond motifs is 1. The van der Waals surface area contributed by atoms with Crippen molar-refractivity contribution >= 4 is 28.7 Å². The van der Waals surface area contributed by atoms with Crippen molar-refractivity contribution in [2.45, 2.75) is 18.7 Å². The topological polar surface area (TPSA) is 87.9 Å². The van der Waals surface area contributed by atoms with Gasteiger partial charge in [-0.15, -0.1) is 10.2 Å². The number of aromatic nitrogens is 4. The molecule has 120 valence electrons. The van der Waals surface area contributed by atoms with Gasteiger partial charge in [-0.1, -0.05) is 11.8 Å². The van der Waals surface area contributed by atoms with Crippen molar-refractivity contribution in [3.05, 3.63) is 35.7 Å². The Morgan fingerprint density at radius 1 is 1.43 bits per heavy atom. The molecule has 3 rings (SSSR count). The molecule has 3 aromatic rings. The third-order valence-electron chi connectivity index (χ3n) is 3.13. The van der Waals surface area contributed by atoms with Crippen molar-refractivity contribution in [1.29, 1.82) is 0 Å². The van der Waals surface area contributed by atoms with E-state index >= 15 is 0 Å². The lowest BCUT2D eigenvalue weighted by Crippen LogP contribution is -2.28. The van der Waals surface area contributed by atoms with Gasteiger partial charge in [0, 0.05) is 14.0 Å². The van der Waals surface area contributed by atoms with Crippen LogP contribution in [0.15, 0.2) is 27.8 Å². The Balaban J connectivity index is 1.60. The predicted octanol–water partition coefficient (Wildman–Crippen LogP) is 2.14. The quantitative estimate of drug-likeness (QED) is 0.719. The second-order valence-electron chi connectivity index (χ2n) is 4.97. The maximum absolute atomic E-state index is 13.2. The number of carbonyl (C=O) groups excluding carboxylic acids is 1. The van der Waals surface area contributed by atoms with Gasteiger partial charge >= 0.3 is 0 Å². The Labute approximate surface area is 135 Å². The Kier molecular flexibility index (Phi) is 4.28. The maximum Gasteiger partial charge on any atom is 0.277 e. The molecule has 0 aliphatic carbocycles. The highest BCUT2D eigenvalue weighted by Gasteiger charge is 2.14. The molecular formula is C14H14FN5O2S. The highest BCUT2D eigenvalue weighted by molar-refractivity contribution is 7.99. The number of H-pyrrole nitrogens is 1. The summed E-state index contributed by atoms with van der Waals surface area (Å²) in [7, 11) is 1.68. The van der Waals surface area contributed by atoms with E-state index in [4.69, 9.17) is 4.42 Å². The summed E-state index contributed by atoms with van der Waals surface area (Å²) >= 11 is 1.18. The van der Waals surface area contributed by atoms with Crippen LogP contribution < -0.4 is 0 Å². The number of aromatic amines is 1. The largest absolute Gasteiger partial charge is 0.416 e.